The quantitative estimate of drug-likeness (QED) is 0.806. The molecule has 2 aromatic carbocycles. The average molecular weight is 387 g/mol. The van der Waals surface area contributed by atoms with Gasteiger partial charge >= 0.3 is 0 Å². The minimum Gasteiger partial charge on any atom is -0.392 e. The molecule has 24 heavy (non-hydrogen) atoms. The lowest BCUT2D eigenvalue weighted by Crippen LogP contribution is -2.45. The van der Waals surface area contributed by atoms with Crippen LogP contribution in [0, 0.1) is 0 Å². The summed E-state index contributed by atoms with van der Waals surface area (Å²) >= 11 is 3.58. The van der Waals surface area contributed by atoms with Gasteiger partial charge in [0.1, 0.15) is 0 Å². The van der Waals surface area contributed by atoms with Crippen molar-refractivity contribution >= 4 is 15.9 Å². The first kappa shape index (κ1) is 16.3. The maximum atomic E-state index is 11.1. The first-order chi connectivity index (χ1) is 11.4. The second kappa shape index (κ2) is 5.69. The second-order valence-electron chi connectivity index (χ2n) is 7.71. The summed E-state index contributed by atoms with van der Waals surface area (Å²) in [4.78, 5) is 0. The highest BCUT2D eigenvalue weighted by molar-refractivity contribution is 9.10. The molecule has 1 saturated carbocycles. The van der Waals surface area contributed by atoms with E-state index in [9.17, 15) is 10.2 Å². The first-order valence-electron chi connectivity index (χ1n) is 8.67. The van der Waals surface area contributed by atoms with Crippen LogP contribution in [0.1, 0.15) is 48.8 Å². The number of aliphatic hydroxyl groups excluding tert-OH is 1. The van der Waals surface area contributed by atoms with Crippen LogP contribution in [0.4, 0.5) is 0 Å². The van der Waals surface area contributed by atoms with Crippen molar-refractivity contribution in [2.45, 2.75) is 55.6 Å². The molecule has 2 unspecified atom stereocenters. The molecule has 2 bridgehead atoms. The molecule has 3 aliphatic carbocycles. The molecule has 4 atom stereocenters. The van der Waals surface area contributed by atoms with Crippen molar-refractivity contribution in [3.63, 3.8) is 0 Å². The topological polar surface area (TPSA) is 40.5 Å². The summed E-state index contributed by atoms with van der Waals surface area (Å²) in [5.74, 6) is -0.00796. The summed E-state index contributed by atoms with van der Waals surface area (Å²) in [6, 6.07) is 16.8. The Hall–Kier alpha value is -1.16. The summed E-state index contributed by atoms with van der Waals surface area (Å²) in [6.07, 6.45) is 2.54. The van der Waals surface area contributed by atoms with Crippen LogP contribution in [0.5, 0.6) is 0 Å². The third-order valence-electron chi connectivity index (χ3n) is 6.21. The third kappa shape index (κ3) is 2.45. The fourth-order valence-electron chi connectivity index (χ4n) is 4.83. The SMILES string of the molecule is C[C@@]1(O)CC[C@@]2(Cc3ccccc3)c3ccc(Br)cc3C1CC2O. The van der Waals surface area contributed by atoms with Gasteiger partial charge in [0.25, 0.3) is 0 Å². The van der Waals surface area contributed by atoms with Crippen molar-refractivity contribution in [1.82, 2.24) is 0 Å². The summed E-state index contributed by atoms with van der Waals surface area (Å²) in [5, 5.41) is 22.2. The van der Waals surface area contributed by atoms with Gasteiger partial charge in [0.05, 0.1) is 11.7 Å². The molecule has 2 nitrogen and oxygen atoms in total. The van der Waals surface area contributed by atoms with Crippen molar-refractivity contribution < 1.29 is 10.2 Å². The van der Waals surface area contributed by atoms with Gasteiger partial charge in [0.15, 0.2) is 0 Å². The third-order valence-corrected chi connectivity index (χ3v) is 6.71. The molecular weight excluding hydrogens is 364 g/mol. The number of aliphatic hydroxyl groups is 2. The molecule has 3 heteroatoms. The molecule has 2 N–H and O–H groups in total. The Morgan fingerprint density at radius 3 is 2.62 bits per heavy atom. The van der Waals surface area contributed by atoms with Gasteiger partial charge < -0.3 is 10.2 Å². The number of hydrogen-bond acceptors (Lipinski definition) is 2. The Balaban J connectivity index is 1.90. The molecular formula is C21H23BrO2. The number of fused-ring (bicyclic) bond motifs is 3. The van der Waals surface area contributed by atoms with Gasteiger partial charge in [-0.2, -0.15) is 0 Å². The van der Waals surface area contributed by atoms with Crippen LogP contribution in [0.15, 0.2) is 53.0 Å². The summed E-state index contributed by atoms with van der Waals surface area (Å²) < 4.78 is 1.04. The Morgan fingerprint density at radius 1 is 1.12 bits per heavy atom. The Morgan fingerprint density at radius 2 is 1.88 bits per heavy atom. The summed E-state index contributed by atoms with van der Waals surface area (Å²) in [6.45, 7) is 1.93. The normalized spacial score (nSPS) is 34.7. The molecule has 126 valence electrons. The van der Waals surface area contributed by atoms with Crippen molar-refractivity contribution in [2.24, 2.45) is 0 Å². The molecule has 0 radical (unpaired) electrons. The minimum atomic E-state index is -0.772. The zero-order valence-electron chi connectivity index (χ0n) is 13.9. The highest BCUT2D eigenvalue weighted by Gasteiger charge is 2.54. The van der Waals surface area contributed by atoms with Crippen molar-refractivity contribution in [2.75, 3.05) is 0 Å². The minimum absolute atomic E-state index is 0.00796. The largest absolute Gasteiger partial charge is 0.392 e. The maximum absolute atomic E-state index is 11.1. The van der Waals surface area contributed by atoms with Crippen LogP contribution in [-0.4, -0.2) is 21.9 Å². The molecule has 0 saturated heterocycles. The molecule has 0 spiro atoms. The highest BCUT2D eigenvalue weighted by atomic mass is 79.9. The summed E-state index contributed by atoms with van der Waals surface area (Å²) in [7, 11) is 0. The van der Waals surface area contributed by atoms with E-state index in [0.717, 1.165) is 17.3 Å². The molecule has 0 aromatic heterocycles. The van der Waals surface area contributed by atoms with Gasteiger partial charge in [0.2, 0.25) is 0 Å². The molecule has 0 aliphatic heterocycles. The molecule has 0 amide bonds. The van der Waals surface area contributed by atoms with Crippen LogP contribution in [0.25, 0.3) is 0 Å². The molecule has 1 fully saturated rings. The number of hydrogen-bond donors (Lipinski definition) is 2. The Labute approximate surface area is 151 Å². The van der Waals surface area contributed by atoms with E-state index in [-0.39, 0.29) is 11.3 Å². The van der Waals surface area contributed by atoms with E-state index in [1.807, 2.05) is 13.0 Å². The Bertz CT molecular complexity index is 756. The zero-order valence-corrected chi connectivity index (χ0v) is 15.5. The van der Waals surface area contributed by atoms with Gasteiger partial charge in [-0.05, 0) is 61.4 Å². The van der Waals surface area contributed by atoms with E-state index in [4.69, 9.17) is 0 Å². The average Bonchev–Trinajstić information content (AvgIpc) is 2.71. The van der Waals surface area contributed by atoms with Crippen LogP contribution < -0.4 is 0 Å². The first-order valence-corrected chi connectivity index (χ1v) is 9.46. The fourth-order valence-corrected chi connectivity index (χ4v) is 5.21. The number of benzene rings is 2. The molecule has 5 rings (SSSR count). The van der Waals surface area contributed by atoms with E-state index >= 15 is 0 Å². The van der Waals surface area contributed by atoms with Crippen molar-refractivity contribution in [1.29, 1.82) is 0 Å². The monoisotopic (exact) mass is 386 g/mol. The van der Waals surface area contributed by atoms with Crippen LogP contribution >= 0.6 is 15.9 Å². The van der Waals surface area contributed by atoms with E-state index in [0.29, 0.717) is 12.8 Å². The predicted octanol–water partition coefficient (Wildman–Crippen LogP) is 4.32. The zero-order chi connectivity index (χ0) is 16.9. The lowest BCUT2D eigenvalue weighted by atomic mass is 9.62. The molecule has 3 aliphatic rings. The van der Waals surface area contributed by atoms with Crippen LogP contribution in [-0.2, 0) is 11.8 Å². The van der Waals surface area contributed by atoms with Crippen LogP contribution in [0.3, 0.4) is 0 Å². The molecule has 0 heterocycles. The van der Waals surface area contributed by atoms with Crippen molar-refractivity contribution in [3.8, 4) is 0 Å². The number of rotatable bonds is 2. The smallest absolute Gasteiger partial charge is 0.0689 e. The lowest BCUT2D eigenvalue weighted by molar-refractivity contribution is 0.0120. The van der Waals surface area contributed by atoms with E-state index < -0.39 is 11.7 Å². The van der Waals surface area contributed by atoms with Gasteiger partial charge in [0, 0.05) is 15.8 Å². The number of halogens is 1. The summed E-state index contributed by atoms with van der Waals surface area (Å²) in [5.41, 5.74) is 2.58. The standard InChI is InChI=1S/C21H23BrO2/c1-20(24)9-10-21(13-14-5-3-2-4-6-14)17-8-7-15(22)11-16(17)18(20)12-19(21)23/h2-8,11,18-19,23-24H,9-10,12-13H2,1H3/t18?,19?,20-,21-/m1/s1. The van der Waals surface area contributed by atoms with E-state index in [1.165, 1.54) is 16.7 Å². The predicted molar refractivity (Wildman–Crippen MR) is 99.2 cm³/mol. The second-order valence-corrected chi connectivity index (χ2v) is 8.63. The van der Waals surface area contributed by atoms with E-state index in [2.05, 4.69) is 58.4 Å². The fraction of sp³-hybridized carbons (Fsp3) is 0.429. The highest BCUT2D eigenvalue weighted by Crippen LogP contribution is 2.56. The van der Waals surface area contributed by atoms with Gasteiger partial charge in [-0.15, -0.1) is 0 Å². The maximum Gasteiger partial charge on any atom is 0.0689 e. The molecule has 2 aromatic rings. The van der Waals surface area contributed by atoms with Gasteiger partial charge in [-0.3, -0.25) is 0 Å². The Kier molecular flexibility index (Phi) is 3.87. The lowest BCUT2D eigenvalue weighted by Gasteiger charge is -2.44. The van der Waals surface area contributed by atoms with Crippen molar-refractivity contribution in [3.05, 3.63) is 69.7 Å². The van der Waals surface area contributed by atoms with E-state index in [1.54, 1.807) is 0 Å². The van der Waals surface area contributed by atoms with Crippen LogP contribution in [0.2, 0.25) is 0 Å². The van der Waals surface area contributed by atoms with Gasteiger partial charge in [-0.25, -0.2) is 0 Å². The van der Waals surface area contributed by atoms with Gasteiger partial charge in [-0.1, -0.05) is 52.3 Å².